The lowest BCUT2D eigenvalue weighted by atomic mass is 9.97. The van der Waals surface area contributed by atoms with Crippen LogP contribution in [0.25, 0.3) is 10.8 Å². The molecule has 0 saturated carbocycles. The van der Waals surface area contributed by atoms with Gasteiger partial charge in [0, 0.05) is 5.04 Å². The average Bonchev–Trinajstić information content (AvgIpc) is 2.61. The first kappa shape index (κ1) is 15.8. The van der Waals surface area contributed by atoms with E-state index < -0.39 is 8.07 Å². The van der Waals surface area contributed by atoms with Gasteiger partial charge >= 0.3 is 0 Å². The van der Waals surface area contributed by atoms with Gasteiger partial charge in [-0.15, -0.1) is 6.58 Å². The summed E-state index contributed by atoms with van der Waals surface area (Å²) in [4.78, 5) is 0. The van der Waals surface area contributed by atoms with E-state index in [1.807, 2.05) is 0 Å². The van der Waals surface area contributed by atoms with Crippen LogP contribution in [0, 0.1) is 0 Å². The smallest absolute Gasteiger partial charge is 0.0950 e. The molecule has 0 radical (unpaired) electrons. The second-order valence-electron chi connectivity index (χ2n) is 6.96. The highest BCUT2D eigenvalue weighted by Gasteiger charge is 2.43. The molecule has 0 fully saturated rings. The molecule has 116 valence electrons. The Balaban J connectivity index is 2.17. The largest absolute Gasteiger partial charge is 0.102 e. The van der Waals surface area contributed by atoms with Gasteiger partial charge in [-0.2, -0.15) is 0 Å². The van der Waals surface area contributed by atoms with E-state index in [-0.39, 0.29) is 5.04 Å². The first-order chi connectivity index (χ1) is 11.0. The predicted octanol–water partition coefficient (Wildman–Crippen LogP) is 5.44. The van der Waals surface area contributed by atoms with Crippen molar-refractivity contribution in [3.63, 3.8) is 0 Å². The fraction of sp³-hybridized carbons (Fsp3) is 0.182. The van der Waals surface area contributed by atoms with E-state index in [9.17, 15) is 0 Å². The van der Waals surface area contributed by atoms with Crippen LogP contribution >= 0.6 is 0 Å². The van der Waals surface area contributed by atoms with Crippen LogP contribution in [0.4, 0.5) is 0 Å². The monoisotopic (exact) mass is 316 g/mol. The Morgan fingerprint density at radius 2 is 1.43 bits per heavy atom. The quantitative estimate of drug-likeness (QED) is 0.444. The van der Waals surface area contributed by atoms with Gasteiger partial charge in [0.2, 0.25) is 0 Å². The SMILES string of the molecule is C=C[C@@](C)(c1ccc2ccccc2c1)[Si](C)(C)c1ccccc1. The van der Waals surface area contributed by atoms with Gasteiger partial charge in [-0.1, -0.05) is 104 Å². The number of rotatable bonds is 4. The third-order valence-corrected chi connectivity index (χ3v) is 10.4. The molecule has 1 heteroatoms. The van der Waals surface area contributed by atoms with Crippen LogP contribution in [-0.4, -0.2) is 8.07 Å². The summed E-state index contributed by atoms with van der Waals surface area (Å²) in [5, 5.41) is 4.05. The van der Waals surface area contributed by atoms with Crippen LogP contribution in [0.15, 0.2) is 85.5 Å². The van der Waals surface area contributed by atoms with Gasteiger partial charge < -0.3 is 0 Å². The maximum Gasteiger partial charge on any atom is 0.0950 e. The number of benzene rings is 3. The molecule has 3 aromatic rings. The zero-order valence-corrected chi connectivity index (χ0v) is 15.2. The minimum absolute atomic E-state index is 0.0155. The maximum atomic E-state index is 4.22. The summed E-state index contributed by atoms with van der Waals surface area (Å²) in [6.07, 6.45) is 2.16. The number of hydrogen-bond acceptors (Lipinski definition) is 0. The summed E-state index contributed by atoms with van der Waals surface area (Å²) in [5.74, 6) is 0. The van der Waals surface area contributed by atoms with Crippen LogP contribution in [-0.2, 0) is 5.04 Å². The van der Waals surface area contributed by atoms with Crippen molar-refractivity contribution in [3.05, 3.63) is 91.0 Å². The van der Waals surface area contributed by atoms with Gasteiger partial charge in [0.1, 0.15) is 0 Å². The fourth-order valence-corrected chi connectivity index (χ4v) is 6.41. The van der Waals surface area contributed by atoms with Crippen LogP contribution < -0.4 is 5.19 Å². The van der Waals surface area contributed by atoms with Gasteiger partial charge in [0.05, 0.1) is 8.07 Å². The molecule has 0 saturated heterocycles. The van der Waals surface area contributed by atoms with E-state index in [1.54, 1.807) is 0 Å². The van der Waals surface area contributed by atoms with Crippen molar-refractivity contribution >= 4 is 24.0 Å². The Morgan fingerprint density at radius 3 is 2.09 bits per heavy atom. The predicted molar refractivity (Wildman–Crippen MR) is 105 cm³/mol. The summed E-state index contributed by atoms with van der Waals surface area (Å²) in [7, 11) is -1.78. The first-order valence-electron chi connectivity index (χ1n) is 8.17. The third-order valence-electron chi connectivity index (χ3n) is 5.55. The normalized spacial score (nSPS) is 14.4. The van der Waals surface area contributed by atoms with Crippen LogP contribution in [0.5, 0.6) is 0 Å². The highest BCUT2D eigenvalue weighted by molar-refractivity contribution is 6.92. The van der Waals surface area contributed by atoms with Gasteiger partial charge in [-0.3, -0.25) is 0 Å². The minimum atomic E-state index is -1.78. The Labute approximate surface area is 140 Å². The second-order valence-corrected chi connectivity index (χ2v) is 11.8. The molecule has 0 nitrogen and oxygen atoms in total. The molecule has 0 bridgehead atoms. The van der Waals surface area contributed by atoms with Crippen molar-refractivity contribution in [1.29, 1.82) is 0 Å². The van der Waals surface area contributed by atoms with Gasteiger partial charge in [-0.05, 0) is 16.3 Å². The van der Waals surface area contributed by atoms with Gasteiger partial charge in [0.15, 0.2) is 0 Å². The third kappa shape index (κ3) is 2.55. The van der Waals surface area contributed by atoms with Crippen molar-refractivity contribution in [2.24, 2.45) is 0 Å². The van der Waals surface area contributed by atoms with Crippen molar-refractivity contribution in [2.75, 3.05) is 0 Å². The minimum Gasteiger partial charge on any atom is -0.102 e. The summed E-state index contributed by atoms with van der Waals surface area (Å²) in [5.41, 5.74) is 1.37. The molecule has 0 aliphatic heterocycles. The summed E-state index contributed by atoms with van der Waals surface area (Å²) >= 11 is 0. The molecule has 0 unspecified atom stereocenters. The Kier molecular flexibility index (Phi) is 3.99. The van der Waals surface area contributed by atoms with Crippen molar-refractivity contribution in [3.8, 4) is 0 Å². The average molecular weight is 317 g/mol. The van der Waals surface area contributed by atoms with E-state index in [0.29, 0.717) is 0 Å². The lowest BCUT2D eigenvalue weighted by Gasteiger charge is -2.41. The lowest BCUT2D eigenvalue weighted by molar-refractivity contribution is 0.821. The zero-order valence-electron chi connectivity index (χ0n) is 14.2. The molecule has 3 rings (SSSR count). The molecular weight excluding hydrogens is 292 g/mol. The molecule has 0 aliphatic carbocycles. The molecule has 23 heavy (non-hydrogen) atoms. The first-order valence-corrected chi connectivity index (χ1v) is 11.2. The highest BCUT2D eigenvalue weighted by atomic mass is 28.3. The molecule has 1 atom stereocenters. The van der Waals surface area contributed by atoms with Crippen LogP contribution in [0.3, 0.4) is 0 Å². The van der Waals surface area contributed by atoms with E-state index in [1.165, 1.54) is 21.5 Å². The van der Waals surface area contributed by atoms with E-state index in [0.717, 1.165) is 0 Å². The van der Waals surface area contributed by atoms with Gasteiger partial charge in [0.25, 0.3) is 0 Å². The Morgan fingerprint density at radius 1 is 0.826 bits per heavy atom. The van der Waals surface area contributed by atoms with Crippen molar-refractivity contribution < 1.29 is 0 Å². The van der Waals surface area contributed by atoms with E-state index >= 15 is 0 Å². The Hall–Kier alpha value is -2.12. The summed E-state index contributed by atoms with van der Waals surface area (Å²) < 4.78 is 0. The zero-order chi connectivity index (χ0) is 16.5. The Bertz CT molecular complexity index is 833. The standard InChI is InChI=1S/C22H24Si/c1-5-22(2,23(3,4)21-13-7-6-8-14-21)20-16-15-18-11-9-10-12-19(18)17-20/h5-17H,1H2,2-4H3/t22-/m0/s1. The molecule has 0 N–H and O–H groups in total. The van der Waals surface area contributed by atoms with Gasteiger partial charge in [-0.25, -0.2) is 0 Å². The molecular formula is C22H24Si. The van der Waals surface area contributed by atoms with Crippen molar-refractivity contribution in [2.45, 2.75) is 25.1 Å². The molecule has 0 spiro atoms. The maximum absolute atomic E-state index is 4.22. The molecule has 0 amide bonds. The second kappa shape index (κ2) is 5.82. The summed E-state index contributed by atoms with van der Waals surface area (Å²) in [6, 6.07) is 26.4. The molecule has 0 aromatic heterocycles. The van der Waals surface area contributed by atoms with Crippen LogP contribution in [0.2, 0.25) is 13.1 Å². The number of hydrogen-bond donors (Lipinski definition) is 0. The van der Waals surface area contributed by atoms with E-state index in [2.05, 4.69) is 105 Å². The van der Waals surface area contributed by atoms with Crippen LogP contribution in [0.1, 0.15) is 12.5 Å². The van der Waals surface area contributed by atoms with E-state index in [4.69, 9.17) is 0 Å². The lowest BCUT2D eigenvalue weighted by Crippen LogP contribution is -2.57. The van der Waals surface area contributed by atoms with Crippen molar-refractivity contribution in [1.82, 2.24) is 0 Å². The fourth-order valence-electron chi connectivity index (χ4n) is 3.40. The highest BCUT2D eigenvalue weighted by Crippen LogP contribution is 2.36. The molecule has 0 aliphatic rings. The number of fused-ring (bicyclic) bond motifs is 1. The summed E-state index contributed by atoms with van der Waals surface area (Å²) in [6.45, 7) is 11.5. The topological polar surface area (TPSA) is 0 Å². The molecule has 0 heterocycles. The molecule has 3 aromatic carbocycles. The number of allylic oxidation sites excluding steroid dienone is 1.